The van der Waals surface area contributed by atoms with Gasteiger partial charge in [0.2, 0.25) is 5.91 Å². The van der Waals surface area contributed by atoms with E-state index in [-0.39, 0.29) is 11.4 Å². The molecule has 1 atom stereocenters. The fourth-order valence-electron chi connectivity index (χ4n) is 2.96. The Balaban J connectivity index is 1.63. The predicted molar refractivity (Wildman–Crippen MR) is 108 cm³/mol. The van der Waals surface area contributed by atoms with E-state index in [4.69, 9.17) is 5.73 Å². The van der Waals surface area contributed by atoms with Gasteiger partial charge in [0.05, 0.1) is 5.54 Å². The minimum atomic E-state index is -0.278. The average Bonchev–Trinajstić information content (AvgIpc) is 2.62. The molecule has 2 aromatic rings. The molecule has 1 aliphatic rings. The highest BCUT2D eigenvalue weighted by Crippen LogP contribution is 2.35. The molecule has 1 aliphatic heterocycles. The molecule has 0 spiro atoms. The lowest BCUT2D eigenvalue weighted by Gasteiger charge is -2.30. The van der Waals surface area contributed by atoms with E-state index in [1.807, 2.05) is 25.1 Å². The number of hydrogen-bond donors (Lipinski definition) is 2. The normalized spacial score (nSPS) is 19.7. The van der Waals surface area contributed by atoms with E-state index >= 15 is 0 Å². The van der Waals surface area contributed by atoms with Gasteiger partial charge in [-0.25, -0.2) is 4.98 Å². The van der Waals surface area contributed by atoms with Crippen molar-refractivity contribution in [3.8, 4) is 0 Å². The van der Waals surface area contributed by atoms with Crippen molar-refractivity contribution in [2.75, 3.05) is 11.1 Å². The molecular formula is C20H24N4OS. The molecule has 3 rings (SSSR count). The van der Waals surface area contributed by atoms with Gasteiger partial charge in [0.1, 0.15) is 5.82 Å². The number of pyridine rings is 1. The summed E-state index contributed by atoms with van der Waals surface area (Å²) in [6.07, 6.45) is 3.79. The van der Waals surface area contributed by atoms with Gasteiger partial charge in [0, 0.05) is 18.4 Å². The van der Waals surface area contributed by atoms with E-state index in [9.17, 15) is 4.79 Å². The summed E-state index contributed by atoms with van der Waals surface area (Å²) in [5.41, 5.74) is 8.99. The number of rotatable bonds is 5. The van der Waals surface area contributed by atoms with Crippen molar-refractivity contribution in [1.82, 2.24) is 4.98 Å². The van der Waals surface area contributed by atoms with Crippen LogP contribution in [0.5, 0.6) is 0 Å². The van der Waals surface area contributed by atoms with Crippen LogP contribution in [0.15, 0.2) is 47.6 Å². The van der Waals surface area contributed by atoms with Crippen molar-refractivity contribution >= 4 is 28.7 Å². The van der Waals surface area contributed by atoms with Crippen molar-refractivity contribution in [1.29, 1.82) is 0 Å². The van der Waals surface area contributed by atoms with Gasteiger partial charge in [0.25, 0.3) is 0 Å². The molecule has 0 fully saturated rings. The zero-order chi connectivity index (χ0) is 18.6. The Morgan fingerprint density at radius 2 is 2.19 bits per heavy atom. The molecule has 1 aromatic carbocycles. The molecule has 136 valence electrons. The van der Waals surface area contributed by atoms with E-state index in [1.54, 1.807) is 18.0 Å². The number of aliphatic imine (C=N–C) groups is 1. The molecule has 26 heavy (non-hydrogen) atoms. The number of amides is 1. The number of aryl methyl sites for hydroxylation is 2. The zero-order valence-corrected chi connectivity index (χ0v) is 16.0. The minimum Gasteiger partial charge on any atom is -0.379 e. The smallest absolute Gasteiger partial charge is 0.225 e. The maximum Gasteiger partial charge on any atom is 0.225 e. The molecule has 0 radical (unpaired) electrons. The van der Waals surface area contributed by atoms with Crippen LogP contribution in [-0.2, 0) is 16.8 Å². The van der Waals surface area contributed by atoms with Crippen LogP contribution >= 0.6 is 11.8 Å². The van der Waals surface area contributed by atoms with Crippen molar-refractivity contribution < 1.29 is 4.79 Å². The number of nitrogens with zero attached hydrogens (tertiary/aromatic N) is 2. The number of carbonyl (C=O) groups excluding carboxylic acids is 1. The van der Waals surface area contributed by atoms with Gasteiger partial charge in [0.15, 0.2) is 5.17 Å². The molecule has 1 amide bonds. The summed E-state index contributed by atoms with van der Waals surface area (Å²) in [7, 11) is 0. The van der Waals surface area contributed by atoms with E-state index < -0.39 is 0 Å². The molecular weight excluding hydrogens is 344 g/mol. The zero-order valence-electron chi connectivity index (χ0n) is 15.2. The topological polar surface area (TPSA) is 80.4 Å². The largest absolute Gasteiger partial charge is 0.379 e. The Morgan fingerprint density at radius 3 is 2.92 bits per heavy atom. The monoisotopic (exact) mass is 368 g/mol. The molecule has 2 heterocycles. The second-order valence-corrected chi connectivity index (χ2v) is 7.91. The third-order valence-electron chi connectivity index (χ3n) is 4.56. The van der Waals surface area contributed by atoms with E-state index in [2.05, 4.69) is 40.4 Å². The first-order valence-corrected chi connectivity index (χ1v) is 9.73. The predicted octanol–water partition coefficient (Wildman–Crippen LogP) is 3.63. The first-order valence-electron chi connectivity index (χ1n) is 8.75. The van der Waals surface area contributed by atoms with Gasteiger partial charge >= 0.3 is 0 Å². The first kappa shape index (κ1) is 18.5. The number of carbonyl (C=O) groups is 1. The lowest BCUT2D eigenvalue weighted by Crippen LogP contribution is -2.28. The molecule has 1 aromatic heterocycles. The van der Waals surface area contributed by atoms with Crippen LogP contribution in [0.25, 0.3) is 0 Å². The Kier molecular flexibility index (Phi) is 5.61. The fraction of sp³-hybridized carbons (Fsp3) is 0.350. The number of aromatic nitrogens is 1. The average molecular weight is 369 g/mol. The summed E-state index contributed by atoms with van der Waals surface area (Å²) in [5, 5.41) is 3.49. The van der Waals surface area contributed by atoms with Crippen LogP contribution in [0.3, 0.4) is 0 Å². The Morgan fingerprint density at radius 1 is 1.35 bits per heavy atom. The highest BCUT2D eigenvalue weighted by Gasteiger charge is 2.29. The quantitative estimate of drug-likeness (QED) is 0.844. The number of nitrogens with two attached hydrogens (primary N) is 1. The number of anilines is 1. The Bertz CT molecular complexity index is 819. The van der Waals surface area contributed by atoms with Gasteiger partial charge in [-0.05, 0) is 49.4 Å². The standard InChI is InChI=1S/C20H24N4OS/c1-14-6-8-17(22-13-14)23-18(25)9-7-15-4-3-5-16(12-15)20(2)10-11-26-19(21)24-20/h3-6,8,12-13H,7,9-11H2,1-2H3,(H2,21,24)(H,22,23,25). The molecule has 0 saturated heterocycles. The summed E-state index contributed by atoms with van der Waals surface area (Å²) in [6, 6.07) is 12.1. The van der Waals surface area contributed by atoms with E-state index in [0.717, 1.165) is 28.9 Å². The molecule has 5 nitrogen and oxygen atoms in total. The second kappa shape index (κ2) is 7.91. The molecule has 3 N–H and O–H groups in total. The van der Waals surface area contributed by atoms with Crippen LogP contribution in [0.2, 0.25) is 0 Å². The summed E-state index contributed by atoms with van der Waals surface area (Å²) in [4.78, 5) is 21.0. The highest BCUT2D eigenvalue weighted by atomic mass is 32.2. The number of nitrogens with one attached hydrogen (secondary N) is 1. The third-order valence-corrected chi connectivity index (χ3v) is 5.36. The summed E-state index contributed by atoms with van der Waals surface area (Å²) in [5.74, 6) is 1.53. The number of thioether (sulfide) groups is 1. The highest BCUT2D eigenvalue weighted by molar-refractivity contribution is 8.13. The van der Waals surface area contributed by atoms with Crippen molar-refractivity contribution in [3.05, 3.63) is 59.3 Å². The molecule has 0 bridgehead atoms. The Labute approximate surface area is 158 Å². The lowest BCUT2D eigenvalue weighted by molar-refractivity contribution is -0.116. The third kappa shape index (κ3) is 4.64. The van der Waals surface area contributed by atoms with Gasteiger partial charge in [-0.1, -0.05) is 42.1 Å². The Hall–Kier alpha value is -2.34. The van der Waals surface area contributed by atoms with Gasteiger partial charge < -0.3 is 11.1 Å². The van der Waals surface area contributed by atoms with Crippen LogP contribution in [0, 0.1) is 6.92 Å². The summed E-state index contributed by atoms with van der Waals surface area (Å²) < 4.78 is 0. The SMILES string of the molecule is Cc1ccc(NC(=O)CCc2cccc(C3(C)CCSC(N)=N3)c2)nc1. The number of benzene rings is 1. The van der Waals surface area contributed by atoms with E-state index in [0.29, 0.717) is 23.8 Å². The van der Waals surface area contributed by atoms with Crippen LogP contribution < -0.4 is 11.1 Å². The fourth-order valence-corrected chi connectivity index (χ4v) is 3.94. The van der Waals surface area contributed by atoms with Crippen molar-refractivity contribution in [2.24, 2.45) is 10.7 Å². The first-order chi connectivity index (χ1) is 12.4. The summed E-state index contributed by atoms with van der Waals surface area (Å²) >= 11 is 1.60. The number of hydrogen-bond acceptors (Lipinski definition) is 5. The second-order valence-electron chi connectivity index (χ2n) is 6.79. The maximum atomic E-state index is 12.2. The van der Waals surface area contributed by atoms with Gasteiger partial charge in [-0.15, -0.1) is 0 Å². The molecule has 6 heteroatoms. The van der Waals surface area contributed by atoms with Crippen LogP contribution in [0.1, 0.15) is 36.5 Å². The van der Waals surface area contributed by atoms with Gasteiger partial charge in [-0.3, -0.25) is 9.79 Å². The molecule has 0 saturated carbocycles. The van der Waals surface area contributed by atoms with Crippen molar-refractivity contribution in [3.63, 3.8) is 0 Å². The van der Waals surface area contributed by atoms with Crippen molar-refractivity contribution in [2.45, 2.75) is 38.6 Å². The lowest BCUT2D eigenvalue weighted by atomic mass is 9.88. The summed E-state index contributed by atoms with van der Waals surface area (Å²) in [6.45, 7) is 4.09. The minimum absolute atomic E-state index is 0.0331. The number of amidine groups is 1. The van der Waals surface area contributed by atoms with Crippen LogP contribution in [-0.4, -0.2) is 21.8 Å². The van der Waals surface area contributed by atoms with Gasteiger partial charge in [-0.2, -0.15) is 0 Å². The molecule has 0 aliphatic carbocycles. The molecule has 1 unspecified atom stereocenters. The maximum absolute atomic E-state index is 12.2. The van der Waals surface area contributed by atoms with E-state index in [1.165, 1.54) is 0 Å². The van der Waals surface area contributed by atoms with Crippen LogP contribution in [0.4, 0.5) is 5.82 Å².